The van der Waals surface area contributed by atoms with E-state index >= 15 is 0 Å². The summed E-state index contributed by atoms with van der Waals surface area (Å²) in [6.45, 7) is 3.91. The van der Waals surface area contributed by atoms with E-state index in [1.165, 1.54) is 0 Å². The van der Waals surface area contributed by atoms with Gasteiger partial charge in [0.05, 0.1) is 6.04 Å². The third-order valence-electron chi connectivity index (χ3n) is 2.52. The van der Waals surface area contributed by atoms with Gasteiger partial charge in [0.25, 0.3) is 0 Å². The quantitative estimate of drug-likeness (QED) is 0.831. The topological polar surface area (TPSA) is 45.2 Å². The summed E-state index contributed by atoms with van der Waals surface area (Å²) in [6, 6.07) is 3.86. The van der Waals surface area contributed by atoms with E-state index in [4.69, 9.17) is 0 Å². The van der Waals surface area contributed by atoms with E-state index < -0.39 is 0 Å². The fourth-order valence-corrected chi connectivity index (χ4v) is 1.58. The minimum Gasteiger partial charge on any atom is -0.347 e. The lowest BCUT2D eigenvalue weighted by atomic mass is 10.1. The van der Waals surface area contributed by atoms with Gasteiger partial charge in [0, 0.05) is 32.5 Å². The van der Waals surface area contributed by atoms with Crippen LogP contribution in [0.5, 0.6) is 0 Å². The van der Waals surface area contributed by atoms with E-state index in [-0.39, 0.29) is 18.0 Å². The van der Waals surface area contributed by atoms with Gasteiger partial charge in [0.1, 0.15) is 0 Å². The molecule has 0 fully saturated rings. The molecule has 0 saturated heterocycles. The van der Waals surface area contributed by atoms with Gasteiger partial charge in [-0.25, -0.2) is 0 Å². The van der Waals surface area contributed by atoms with Crippen molar-refractivity contribution < 1.29 is 4.79 Å². The molecule has 16 heavy (non-hydrogen) atoms. The molecule has 0 radical (unpaired) electrons. The van der Waals surface area contributed by atoms with Gasteiger partial charge in [-0.2, -0.15) is 0 Å². The Morgan fingerprint density at radius 3 is 2.38 bits per heavy atom. The third-order valence-corrected chi connectivity index (χ3v) is 2.52. The zero-order valence-corrected chi connectivity index (χ0v) is 10.3. The molecule has 0 spiro atoms. The van der Waals surface area contributed by atoms with Crippen molar-refractivity contribution in [3.05, 3.63) is 30.1 Å². The Kier molecular flexibility index (Phi) is 4.43. The first kappa shape index (κ1) is 12.6. The molecule has 0 aliphatic rings. The normalized spacial score (nSPS) is 14.2. The van der Waals surface area contributed by atoms with E-state index in [0.29, 0.717) is 0 Å². The van der Waals surface area contributed by atoms with Crippen LogP contribution in [0.15, 0.2) is 24.5 Å². The molecule has 4 heteroatoms. The summed E-state index contributed by atoms with van der Waals surface area (Å²) in [6.07, 6.45) is 3.51. The lowest BCUT2D eigenvalue weighted by Gasteiger charge is -2.22. The molecule has 1 N–H and O–H groups in total. The van der Waals surface area contributed by atoms with Crippen LogP contribution in [-0.4, -0.2) is 35.9 Å². The number of hydrogen-bond donors (Lipinski definition) is 1. The second kappa shape index (κ2) is 5.61. The second-order valence-electron chi connectivity index (χ2n) is 4.12. The molecule has 4 nitrogen and oxygen atoms in total. The summed E-state index contributed by atoms with van der Waals surface area (Å²) in [7, 11) is 3.52. The molecular formula is C12H19N3O. The maximum absolute atomic E-state index is 11.7. The van der Waals surface area contributed by atoms with Crippen LogP contribution in [0.1, 0.15) is 25.5 Å². The van der Waals surface area contributed by atoms with Gasteiger partial charge >= 0.3 is 0 Å². The minimum absolute atomic E-state index is 0.0842. The Hall–Kier alpha value is -1.42. The number of amides is 1. The van der Waals surface area contributed by atoms with Gasteiger partial charge in [-0.15, -0.1) is 0 Å². The summed E-state index contributed by atoms with van der Waals surface area (Å²) >= 11 is 0. The van der Waals surface area contributed by atoms with Crippen LogP contribution in [0.2, 0.25) is 0 Å². The highest BCUT2D eigenvalue weighted by Crippen LogP contribution is 2.11. The molecule has 1 amide bonds. The van der Waals surface area contributed by atoms with Crippen LogP contribution >= 0.6 is 0 Å². The Morgan fingerprint density at radius 2 is 1.88 bits per heavy atom. The number of carbonyl (C=O) groups is 1. The monoisotopic (exact) mass is 221 g/mol. The molecule has 1 aromatic rings. The third kappa shape index (κ3) is 3.31. The maximum atomic E-state index is 11.7. The predicted molar refractivity (Wildman–Crippen MR) is 63.9 cm³/mol. The number of carbonyl (C=O) groups excluding carboxylic acids is 1. The van der Waals surface area contributed by atoms with E-state index in [1.807, 2.05) is 26.0 Å². The van der Waals surface area contributed by atoms with Crippen LogP contribution in [0.25, 0.3) is 0 Å². The lowest BCUT2D eigenvalue weighted by Crippen LogP contribution is -2.42. The zero-order valence-electron chi connectivity index (χ0n) is 10.3. The van der Waals surface area contributed by atoms with Crippen LogP contribution < -0.4 is 5.32 Å². The van der Waals surface area contributed by atoms with Crippen molar-refractivity contribution in [2.75, 3.05) is 14.1 Å². The highest BCUT2D eigenvalue weighted by molar-refractivity contribution is 5.80. The summed E-state index contributed by atoms with van der Waals surface area (Å²) in [5.41, 5.74) is 1.13. The van der Waals surface area contributed by atoms with Gasteiger partial charge in [-0.05, 0) is 31.5 Å². The van der Waals surface area contributed by atoms with Crippen LogP contribution in [0, 0.1) is 0 Å². The Morgan fingerprint density at radius 1 is 1.31 bits per heavy atom. The van der Waals surface area contributed by atoms with Gasteiger partial charge in [0.15, 0.2) is 0 Å². The fraction of sp³-hybridized carbons (Fsp3) is 0.500. The lowest BCUT2D eigenvalue weighted by molar-refractivity contribution is -0.130. The highest BCUT2D eigenvalue weighted by Gasteiger charge is 2.17. The molecule has 0 aliphatic heterocycles. The van der Waals surface area contributed by atoms with Crippen molar-refractivity contribution >= 4 is 5.91 Å². The second-order valence-corrected chi connectivity index (χ2v) is 4.12. The zero-order chi connectivity index (χ0) is 12.1. The van der Waals surface area contributed by atoms with Crippen molar-refractivity contribution in [1.82, 2.24) is 15.2 Å². The first-order valence-electron chi connectivity index (χ1n) is 5.39. The average molecular weight is 221 g/mol. The first-order chi connectivity index (χ1) is 7.52. The smallest absolute Gasteiger partial charge is 0.238 e. The van der Waals surface area contributed by atoms with Gasteiger partial charge < -0.3 is 4.90 Å². The first-order valence-corrected chi connectivity index (χ1v) is 5.39. The summed E-state index contributed by atoms with van der Waals surface area (Å²) < 4.78 is 0. The molecule has 2 atom stereocenters. The van der Waals surface area contributed by atoms with E-state index in [0.717, 1.165) is 5.56 Å². The van der Waals surface area contributed by atoms with Crippen molar-refractivity contribution in [2.45, 2.75) is 25.9 Å². The van der Waals surface area contributed by atoms with Crippen molar-refractivity contribution in [3.63, 3.8) is 0 Å². The SMILES string of the molecule is CC(NC(C)c1ccncc1)C(=O)N(C)C. The Balaban J connectivity index is 2.58. The molecule has 0 aromatic carbocycles. The minimum atomic E-state index is -0.182. The standard InChI is InChI=1S/C12H19N3O/c1-9(11-5-7-13-8-6-11)14-10(2)12(16)15(3)4/h5-10,14H,1-4H3. The number of aromatic nitrogens is 1. The van der Waals surface area contributed by atoms with Crippen molar-refractivity contribution in [1.29, 1.82) is 0 Å². The predicted octanol–water partition coefficient (Wildman–Crippen LogP) is 1.21. The number of nitrogens with zero attached hydrogens (tertiary/aromatic N) is 2. The molecule has 0 bridgehead atoms. The summed E-state index contributed by atoms with van der Waals surface area (Å²) in [4.78, 5) is 17.2. The number of hydrogen-bond acceptors (Lipinski definition) is 3. The van der Waals surface area contributed by atoms with E-state index in [9.17, 15) is 4.79 Å². The molecule has 1 aromatic heterocycles. The van der Waals surface area contributed by atoms with Crippen molar-refractivity contribution in [3.8, 4) is 0 Å². The van der Waals surface area contributed by atoms with Gasteiger partial charge in [0.2, 0.25) is 5.91 Å². The average Bonchev–Trinajstić information content (AvgIpc) is 2.28. The summed E-state index contributed by atoms with van der Waals surface area (Å²) in [5.74, 6) is 0.0842. The number of nitrogens with one attached hydrogen (secondary N) is 1. The molecular weight excluding hydrogens is 202 g/mol. The molecule has 0 aliphatic carbocycles. The Bertz CT molecular complexity index is 337. The molecule has 88 valence electrons. The van der Waals surface area contributed by atoms with Crippen LogP contribution in [0.3, 0.4) is 0 Å². The van der Waals surface area contributed by atoms with Crippen molar-refractivity contribution in [2.24, 2.45) is 0 Å². The number of rotatable bonds is 4. The van der Waals surface area contributed by atoms with E-state index in [1.54, 1.807) is 31.4 Å². The number of likely N-dealkylation sites (N-methyl/N-ethyl adjacent to an activating group) is 1. The number of pyridine rings is 1. The van der Waals surface area contributed by atoms with E-state index in [2.05, 4.69) is 10.3 Å². The molecule has 0 saturated carbocycles. The highest BCUT2D eigenvalue weighted by atomic mass is 16.2. The molecule has 2 unspecified atom stereocenters. The fourth-order valence-electron chi connectivity index (χ4n) is 1.58. The molecule has 1 rings (SSSR count). The summed E-state index contributed by atoms with van der Waals surface area (Å²) in [5, 5.41) is 3.26. The van der Waals surface area contributed by atoms with Gasteiger partial charge in [-0.3, -0.25) is 15.1 Å². The molecule has 1 heterocycles. The van der Waals surface area contributed by atoms with Crippen LogP contribution in [0.4, 0.5) is 0 Å². The van der Waals surface area contributed by atoms with Gasteiger partial charge in [-0.1, -0.05) is 0 Å². The maximum Gasteiger partial charge on any atom is 0.238 e. The van der Waals surface area contributed by atoms with Crippen LogP contribution in [-0.2, 0) is 4.79 Å². The largest absolute Gasteiger partial charge is 0.347 e. The Labute approximate surface area is 96.7 Å².